The smallest absolute Gasteiger partial charge is 0.317 e. The first-order valence-corrected chi connectivity index (χ1v) is 14.3. The van der Waals surface area contributed by atoms with Crippen LogP contribution in [0.4, 0.5) is 13.6 Å². The molecular formula is C28H38F2N6O2S. The molecule has 0 bridgehead atoms. The number of carbonyl (C=O) groups excluding carboxylic acids is 2. The number of nitrogen functional groups attached to an aromatic ring is 1. The molecule has 2 heterocycles. The fraction of sp³-hybridized carbons (Fsp3) is 0.500. The van der Waals surface area contributed by atoms with Crippen molar-refractivity contribution < 1.29 is 18.4 Å². The fourth-order valence-electron chi connectivity index (χ4n) is 4.97. The third-order valence-electron chi connectivity index (χ3n) is 7.05. The summed E-state index contributed by atoms with van der Waals surface area (Å²) >= 11 is 1.83. The summed E-state index contributed by atoms with van der Waals surface area (Å²) in [5.74, 6) is 4.76. The molecule has 1 atom stereocenters. The fourth-order valence-corrected chi connectivity index (χ4v) is 6.21. The first-order valence-electron chi connectivity index (χ1n) is 13.3. The van der Waals surface area contributed by atoms with E-state index >= 15 is 0 Å². The van der Waals surface area contributed by atoms with Gasteiger partial charge in [0, 0.05) is 81.0 Å². The van der Waals surface area contributed by atoms with Crippen LogP contribution in [0.3, 0.4) is 0 Å². The highest BCUT2D eigenvalue weighted by atomic mass is 32.2. The lowest BCUT2D eigenvalue weighted by molar-refractivity contribution is 0.0732. The number of amides is 3. The molecule has 212 valence electrons. The average Bonchev–Trinajstić information content (AvgIpc) is 2.92. The number of carbonyl (C=O) groups is 2. The van der Waals surface area contributed by atoms with E-state index in [9.17, 15) is 18.4 Å². The van der Waals surface area contributed by atoms with Crippen molar-refractivity contribution >= 4 is 23.7 Å². The third-order valence-corrected chi connectivity index (χ3v) is 8.29. The minimum absolute atomic E-state index is 0.0258. The lowest BCUT2D eigenvalue weighted by Gasteiger charge is -2.36. The number of benzene rings is 2. The van der Waals surface area contributed by atoms with E-state index in [0.717, 1.165) is 44.5 Å². The number of hydrazine groups is 1. The van der Waals surface area contributed by atoms with Crippen LogP contribution in [0.1, 0.15) is 46.1 Å². The SMILES string of the molecule is CC(C)(F)CN1CCN(Cc2ccc(C3CN(C(=O)NCc4ccc(C(=O)NN)cc4F)CCS3)cc2)CC1. The van der Waals surface area contributed by atoms with Gasteiger partial charge in [-0.2, -0.15) is 11.8 Å². The van der Waals surface area contributed by atoms with Gasteiger partial charge in [-0.1, -0.05) is 30.3 Å². The number of piperazine rings is 1. The average molecular weight is 561 g/mol. The van der Waals surface area contributed by atoms with Crippen molar-refractivity contribution in [1.29, 1.82) is 0 Å². The van der Waals surface area contributed by atoms with Gasteiger partial charge in [0.2, 0.25) is 0 Å². The molecule has 0 aromatic heterocycles. The second kappa shape index (κ2) is 13.1. The predicted octanol–water partition coefficient (Wildman–Crippen LogP) is 3.29. The topological polar surface area (TPSA) is 93.9 Å². The lowest BCUT2D eigenvalue weighted by Crippen LogP contribution is -2.49. The first kappa shape index (κ1) is 29.3. The number of hydrogen-bond donors (Lipinski definition) is 3. The number of nitrogens with one attached hydrogen (secondary N) is 2. The van der Waals surface area contributed by atoms with Crippen LogP contribution in [0.2, 0.25) is 0 Å². The zero-order valence-corrected chi connectivity index (χ0v) is 23.4. The summed E-state index contributed by atoms with van der Waals surface area (Å²) < 4.78 is 28.3. The van der Waals surface area contributed by atoms with E-state index in [0.29, 0.717) is 25.2 Å². The Morgan fingerprint density at radius 1 is 1.05 bits per heavy atom. The van der Waals surface area contributed by atoms with Gasteiger partial charge in [0.25, 0.3) is 5.91 Å². The number of rotatable bonds is 8. The summed E-state index contributed by atoms with van der Waals surface area (Å²) in [5.41, 5.74) is 3.63. The molecule has 2 saturated heterocycles. The van der Waals surface area contributed by atoms with Gasteiger partial charge in [0.15, 0.2) is 0 Å². The summed E-state index contributed by atoms with van der Waals surface area (Å²) in [5, 5.41) is 2.96. The molecule has 0 spiro atoms. The Morgan fingerprint density at radius 2 is 1.74 bits per heavy atom. The third kappa shape index (κ3) is 8.38. The maximum atomic E-state index is 14.4. The molecule has 11 heteroatoms. The van der Waals surface area contributed by atoms with E-state index in [1.165, 1.54) is 23.3 Å². The number of nitrogens with zero attached hydrogens (tertiary/aromatic N) is 3. The Labute approximate surface area is 233 Å². The van der Waals surface area contributed by atoms with Gasteiger partial charge < -0.3 is 10.2 Å². The highest BCUT2D eigenvalue weighted by Crippen LogP contribution is 2.33. The Hall–Kier alpha value is -2.73. The summed E-state index contributed by atoms with van der Waals surface area (Å²) in [6.45, 7) is 9.44. The highest BCUT2D eigenvalue weighted by Gasteiger charge is 2.26. The van der Waals surface area contributed by atoms with Crippen molar-refractivity contribution in [3.05, 3.63) is 70.5 Å². The Balaban J connectivity index is 1.25. The van der Waals surface area contributed by atoms with E-state index < -0.39 is 17.4 Å². The number of alkyl halides is 1. The Bertz CT molecular complexity index is 1140. The normalized spacial score (nSPS) is 19.1. The van der Waals surface area contributed by atoms with Crippen molar-refractivity contribution in [2.75, 3.05) is 51.6 Å². The van der Waals surface area contributed by atoms with Gasteiger partial charge >= 0.3 is 6.03 Å². The van der Waals surface area contributed by atoms with Crippen molar-refractivity contribution in [3.63, 3.8) is 0 Å². The van der Waals surface area contributed by atoms with E-state index in [1.54, 1.807) is 18.7 Å². The van der Waals surface area contributed by atoms with Crippen LogP contribution in [0.25, 0.3) is 0 Å². The van der Waals surface area contributed by atoms with Gasteiger partial charge in [-0.15, -0.1) is 0 Å². The van der Waals surface area contributed by atoms with Gasteiger partial charge in [-0.05, 0) is 37.1 Å². The van der Waals surface area contributed by atoms with E-state index in [4.69, 9.17) is 5.84 Å². The van der Waals surface area contributed by atoms with Crippen LogP contribution in [-0.2, 0) is 13.1 Å². The molecule has 2 aliphatic heterocycles. The number of nitrogens with two attached hydrogens (primary N) is 1. The molecule has 1 unspecified atom stereocenters. The number of thioether (sulfide) groups is 1. The second-order valence-corrected chi connectivity index (χ2v) is 12.1. The van der Waals surface area contributed by atoms with Crippen LogP contribution in [0, 0.1) is 5.82 Å². The van der Waals surface area contributed by atoms with Gasteiger partial charge in [0.1, 0.15) is 11.5 Å². The molecular weight excluding hydrogens is 522 g/mol. The molecule has 8 nitrogen and oxygen atoms in total. The minimum Gasteiger partial charge on any atom is -0.334 e. The molecule has 0 aliphatic carbocycles. The van der Waals surface area contributed by atoms with E-state index in [-0.39, 0.29) is 23.4 Å². The number of hydrogen-bond acceptors (Lipinski definition) is 6. The molecule has 2 fully saturated rings. The molecule has 2 aliphatic rings. The molecule has 3 amide bonds. The van der Waals surface area contributed by atoms with Crippen LogP contribution >= 0.6 is 11.8 Å². The summed E-state index contributed by atoms with van der Waals surface area (Å²) in [6.07, 6.45) is 0. The van der Waals surface area contributed by atoms with Crippen molar-refractivity contribution in [1.82, 2.24) is 25.4 Å². The molecule has 2 aromatic rings. The summed E-state index contributed by atoms with van der Waals surface area (Å²) in [6, 6.07) is 12.4. The highest BCUT2D eigenvalue weighted by molar-refractivity contribution is 7.99. The van der Waals surface area contributed by atoms with Crippen LogP contribution < -0.4 is 16.6 Å². The van der Waals surface area contributed by atoms with Crippen molar-refractivity contribution in [2.45, 2.75) is 37.9 Å². The molecule has 4 rings (SSSR count). The maximum Gasteiger partial charge on any atom is 0.317 e. The Kier molecular flexibility index (Phi) is 9.81. The molecule has 4 N–H and O–H groups in total. The predicted molar refractivity (Wildman–Crippen MR) is 150 cm³/mol. The summed E-state index contributed by atoms with van der Waals surface area (Å²) in [7, 11) is 0. The van der Waals surface area contributed by atoms with Gasteiger partial charge in [0.05, 0.1) is 0 Å². The zero-order chi connectivity index (χ0) is 28.0. The summed E-state index contributed by atoms with van der Waals surface area (Å²) in [4.78, 5) is 30.7. The lowest BCUT2D eigenvalue weighted by atomic mass is 10.1. The van der Waals surface area contributed by atoms with Crippen LogP contribution in [-0.4, -0.2) is 83.9 Å². The molecule has 0 radical (unpaired) electrons. The minimum atomic E-state index is -1.17. The Morgan fingerprint density at radius 3 is 2.38 bits per heavy atom. The van der Waals surface area contributed by atoms with Gasteiger partial charge in [-0.3, -0.25) is 20.0 Å². The van der Waals surface area contributed by atoms with Crippen LogP contribution in [0.15, 0.2) is 42.5 Å². The molecule has 2 aromatic carbocycles. The number of urea groups is 1. The standard InChI is InChI=1S/C28H38F2N6O2S/c1-28(2,30)19-35-11-9-34(10-12-35)17-20-3-5-21(6-4-20)25-18-36(13-14-39-25)27(38)32-16-23-8-7-22(15-24(23)29)26(37)33-31/h3-8,15,25H,9-14,16-19,31H2,1-2H3,(H,32,38)(H,33,37). The van der Waals surface area contributed by atoms with Crippen molar-refractivity contribution in [2.24, 2.45) is 5.84 Å². The van der Waals surface area contributed by atoms with Crippen molar-refractivity contribution in [3.8, 4) is 0 Å². The molecule has 39 heavy (non-hydrogen) atoms. The monoisotopic (exact) mass is 560 g/mol. The second-order valence-electron chi connectivity index (χ2n) is 10.8. The first-order chi connectivity index (χ1) is 18.6. The number of halogens is 2. The maximum absolute atomic E-state index is 14.4. The molecule has 0 saturated carbocycles. The van der Waals surface area contributed by atoms with E-state index in [2.05, 4.69) is 39.4 Å². The quantitative estimate of drug-likeness (QED) is 0.261. The largest absolute Gasteiger partial charge is 0.334 e. The van der Waals surface area contributed by atoms with E-state index in [1.807, 2.05) is 17.2 Å². The van der Waals surface area contributed by atoms with Crippen LogP contribution in [0.5, 0.6) is 0 Å². The van der Waals surface area contributed by atoms with Gasteiger partial charge in [-0.25, -0.2) is 19.4 Å². The zero-order valence-electron chi connectivity index (χ0n) is 22.6.